The molecule has 1 aliphatic heterocycles. The Bertz CT molecular complexity index is 617. The number of ether oxygens (including phenoxy) is 1. The fourth-order valence-electron chi connectivity index (χ4n) is 2.56. The highest BCUT2D eigenvalue weighted by atomic mass is 35.5. The summed E-state index contributed by atoms with van der Waals surface area (Å²) < 4.78 is 5.41. The number of aromatic amines is 1. The molecule has 2 N–H and O–H groups in total. The molecular formula is C15H17ClN2O2. The van der Waals surface area contributed by atoms with Crippen molar-refractivity contribution in [3.8, 4) is 0 Å². The summed E-state index contributed by atoms with van der Waals surface area (Å²) >= 11 is 6.26. The second-order valence-electron chi connectivity index (χ2n) is 5.15. The lowest BCUT2D eigenvalue weighted by Crippen LogP contribution is -2.33. The molecule has 1 aliphatic rings. The Balaban J connectivity index is 1.70. The normalized spacial score (nSPS) is 19.1. The van der Waals surface area contributed by atoms with Crippen LogP contribution in [0, 0.1) is 5.92 Å². The largest absolute Gasteiger partial charge is 0.381 e. The lowest BCUT2D eigenvalue weighted by molar-refractivity contribution is 0.0536. The van der Waals surface area contributed by atoms with Gasteiger partial charge in [0, 0.05) is 24.1 Å². The standard InChI is InChI=1S/C15H17ClN2O2/c16-13-11-5-1-2-6-12(11)18-14(13)15(19)17-8-10-4-3-7-20-9-10/h1-2,5-6,10,18H,3-4,7-9H2,(H,17,19)/t10-/m1/s1. The Labute approximate surface area is 122 Å². The number of halogens is 1. The number of H-pyrrole nitrogens is 1. The number of aromatic nitrogens is 1. The van der Waals surface area contributed by atoms with Crippen LogP contribution in [0.5, 0.6) is 0 Å². The molecule has 1 saturated heterocycles. The Morgan fingerprint density at radius 3 is 3.05 bits per heavy atom. The number of carbonyl (C=O) groups excluding carboxylic acids is 1. The Kier molecular flexibility index (Phi) is 3.94. The molecular weight excluding hydrogens is 276 g/mol. The molecule has 20 heavy (non-hydrogen) atoms. The summed E-state index contributed by atoms with van der Waals surface area (Å²) in [6, 6.07) is 7.63. The maximum atomic E-state index is 12.2. The summed E-state index contributed by atoms with van der Waals surface area (Å²) in [7, 11) is 0. The maximum absolute atomic E-state index is 12.2. The predicted molar refractivity (Wildman–Crippen MR) is 79.2 cm³/mol. The molecule has 0 bridgehead atoms. The van der Waals surface area contributed by atoms with Gasteiger partial charge in [0.1, 0.15) is 5.69 Å². The molecule has 1 aromatic carbocycles. The van der Waals surface area contributed by atoms with Gasteiger partial charge in [0.25, 0.3) is 5.91 Å². The molecule has 1 amide bonds. The molecule has 5 heteroatoms. The van der Waals surface area contributed by atoms with Crippen LogP contribution in [-0.4, -0.2) is 30.6 Å². The molecule has 0 aliphatic carbocycles. The van der Waals surface area contributed by atoms with E-state index in [1.165, 1.54) is 0 Å². The molecule has 1 fully saturated rings. The van der Waals surface area contributed by atoms with E-state index in [1.807, 2.05) is 24.3 Å². The first-order chi connectivity index (χ1) is 9.75. The number of para-hydroxylation sites is 1. The molecule has 106 valence electrons. The molecule has 0 saturated carbocycles. The number of hydrogen-bond acceptors (Lipinski definition) is 2. The van der Waals surface area contributed by atoms with E-state index in [-0.39, 0.29) is 5.91 Å². The van der Waals surface area contributed by atoms with Gasteiger partial charge in [-0.15, -0.1) is 0 Å². The Morgan fingerprint density at radius 2 is 2.30 bits per heavy atom. The van der Waals surface area contributed by atoms with Crippen molar-refractivity contribution in [3.05, 3.63) is 35.0 Å². The van der Waals surface area contributed by atoms with Crippen molar-refractivity contribution in [2.24, 2.45) is 5.92 Å². The Morgan fingerprint density at radius 1 is 1.45 bits per heavy atom. The van der Waals surface area contributed by atoms with Crippen LogP contribution >= 0.6 is 11.6 Å². The van der Waals surface area contributed by atoms with Crippen molar-refractivity contribution in [1.29, 1.82) is 0 Å². The van der Waals surface area contributed by atoms with E-state index in [1.54, 1.807) is 0 Å². The zero-order valence-electron chi connectivity index (χ0n) is 11.1. The maximum Gasteiger partial charge on any atom is 0.269 e. The summed E-state index contributed by atoms with van der Waals surface area (Å²) in [5.74, 6) is 0.243. The number of nitrogens with one attached hydrogen (secondary N) is 2. The summed E-state index contributed by atoms with van der Waals surface area (Å²) in [5, 5.41) is 4.30. The third-order valence-corrected chi connectivity index (χ3v) is 4.07. The van der Waals surface area contributed by atoms with Crippen molar-refractivity contribution in [3.63, 3.8) is 0 Å². The number of rotatable bonds is 3. The molecule has 4 nitrogen and oxygen atoms in total. The van der Waals surface area contributed by atoms with Crippen LogP contribution in [-0.2, 0) is 4.74 Å². The summed E-state index contributed by atoms with van der Waals surface area (Å²) in [6.07, 6.45) is 2.16. The van der Waals surface area contributed by atoms with E-state index in [0.29, 0.717) is 23.2 Å². The average Bonchev–Trinajstić information content (AvgIpc) is 2.84. The molecule has 3 rings (SSSR count). The molecule has 2 aromatic rings. The van der Waals surface area contributed by atoms with Crippen molar-refractivity contribution in [2.45, 2.75) is 12.8 Å². The molecule has 0 unspecified atom stereocenters. The van der Waals surface area contributed by atoms with Crippen LogP contribution in [0.3, 0.4) is 0 Å². The van der Waals surface area contributed by atoms with Crippen molar-refractivity contribution in [2.75, 3.05) is 19.8 Å². The molecule has 1 atom stereocenters. The van der Waals surface area contributed by atoms with E-state index in [0.717, 1.165) is 37.0 Å². The average molecular weight is 293 g/mol. The van der Waals surface area contributed by atoms with Crippen LogP contribution in [0.15, 0.2) is 24.3 Å². The first-order valence-electron chi connectivity index (χ1n) is 6.88. The van der Waals surface area contributed by atoms with Gasteiger partial charge in [0.15, 0.2) is 0 Å². The van der Waals surface area contributed by atoms with Crippen molar-refractivity contribution >= 4 is 28.4 Å². The van der Waals surface area contributed by atoms with Crippen molar-refractivity contribution < 1.29 is 9.53 Å². The highest BCUT2D eigenvalue weighted by Crippen LogP contribution is 2.27. The summed E-state index contributed by atoms with van der Waals surface area (Å²) in [5.41, 5.74) is 1.31. The fourth-order valence-corrected chi connectivity index (χ4v) is 2.86. The lowest BCUT2D eigenvalue weighted by Gasteiger charge is -2.22. The number of carbonyl (C=O) groups is 1. The zero-order chi connectivity index (χ0) is 13.9. The van der Waals surface area contributed by atoms with Crippen molar-refractivity contribution in [1.82, 2.24) is 10.3 Å². The van der Waals surface area contributed by atoms with Gasteiger partial charge in [-0.1, -0.05) is 29.8 Å². The molecule has 0 spiro atoms. The highest BCUT2D eigenvalue weighted by molar-refractivity contribution is 6.38. The monoisotopic (exact) mass is 292 g/mol. The number of hydrogen-bond donors (Lipinski definition) is 2. The van der Waals surface area contributed by atoms with E-state index in [4.69, 9.17) is 16.3 Å². The van der Waals surface area contributed by atoms with Crippen LogP contribution in [0.2, 0.25) is 5.02 Å². The molecule has 0 radical (unpaired) electrons. The topological polar surface area (TPSA) is 54.1 Å². The van der Waals surface area contributed by atoms with Crippen LogP contribution in [0.4, 0.5) is 0 Å². The second kappa shape index (κ2) is 5.85. The lowest BCUT2D eigenvalue weighted by atomic mass is 10.0. The number of fused-ring (bicyclic) bond motifs is 1. The first kappa shape index (κ1) is 13.5. The van der Waals surface area contributed by atoms with Crippen LogP contribution in [0.1, 0.15) is 23.3 Å². The van der Waals surface area contributed by atoms with Gasteiger partial charge in [0.05, 0.1) is 11.6 Å². The highest BCUT2D eigenvalue weighted by Gasteiger charge is 2.19. The summed E-state index contributed by atoms with van der Waals surface area (Å²) in [4.78, 5) is 15.3. The summed E-state index contributed by atoms with van der Waals surface area (Å²) in [6.45, 7) is 2.18. The van der Waals surface area contributed by atoms with Gasteiger partial charge in [-0.25, -0.2) is 0 Å². The molecule has 2 heterocycles. The van der Waals surface area contributed by atoms with Gasteiger partial charge in [0.2, 0.25) is 0 Å². The second-order valence-corrected chi connectivity index (χ2v) is 5.53. The number of amides is 1. The quantitative estimate of drug-likeness (QED) is 0.914. The third-order valence-electron chi connectivity index (χ3n) is 3.68. The third kappa shape index (κ3) is 2.67. The van der Waals surface area contributed by atoms with Crippen LogP contribution in [0.25, 0.3) is 10.9 Å². The van der Waals surface area contributed by atoms with E-state index < -0.39 is 0 Å². The van der Waals surface area contributed by atoms with E-state index in [9.17, 15) is 4.79 Å². The minimum absolute atomic E-state index is 0.156. The molecule has 1 aromatic heterocycles. The fraction of sp³-hybridized carbons (Fsp3) is 0.400. The Hall–Kier alpha value is -1.52. The minimum atomic E-state index is -0.156. The van der Waals surface area contributed by atoms with Gasteiger partial charge in [-0.05, 0) is 24.8 Å². The number of benzene rings is 1. The van der Waals surface area contributed by atoms with E-state index >= 15 is 0 Å². The van der Waals surface area contributed by atoms with Gasteiger partial charge in [-0.3, -0.25) is 4.79 Å². The van der Waals surface area contributed by atoms with Gasteiger partial charge >= 0.3 is 0 Å². The zero-order valence-corrected chi connectivity index (χ0v) is 11.9. The van der Waals surface area contributed by atoms with Gasteiger partial charge < -0.3 is 15.0 Å². The minimum Gasteiger partial charge on any atom is -0.381 e. The van der Waals surface area contributed by atoms with E-state index in [2.05, 4.69) is 10.3 Å². The van der Waals surface area contributed by atoms with Crippen LogP contribution < -0.4 is 5.32 Å². The smallest absolute Gasteiger partial charge is 0.269 e. The van der Waals surface area contributed by atoms with Gasteiger partial charge in [-0.2, -0.15) is 0 Å². The SMILES string of the molecule is O=C(NC[C@H]1CCCOC1)c1[nH]c2ccccc2c1Cl. The predicted octanol–water partition coefficient (Wildman–Crippen LogP) is 2.98. The first-order valence-corrected chi connectivity index (χ1v) is 7.25.